The van der Waals surface area contributed by atoms with Crippen molar-refractivity contribution in [3.63, 3.8) is 0 Å². The Balaban J connectivity index is 1.29. The third-order valence-electron chi connectivity index (χ3n) is 4.95. The van der Waals surface area contributed by atoms with E-state index >= 15 is 0 Å². The third-order valence-corrected chi connectivity index (χ3v) is 5.75. The number of fused-ring (bicyclic) bond motifs is 2. The van der Waals surface area contributed by atoms with Gasteiger partial charge in [-0.15, -0.1) is 0 Å². The van der Waals surface area contributed by atoms with Gasteiger partial charge in [-0.05, 0) is 49.4 Å². The van der Waals surface area contributed by atoms with Crippen LogP contribution >= 0.6 is 11.8 Å². The number of para-hydroxylation sites is 2. The van der Waals surface area contributed by atoms with E-state index in [-0.39, 0.29) is 17.7 Å². The lowest BCUT2D eigenvalue weighted by Crippen LogP contribution is -2.39. The van der Waals surface area contributed by atoms with Crippen LogP contribution in [0.15, 0.2) is 58.2 Å². The van der Waals surface area contributed by atoms with Crippen molar-refractivity contribution in [2.24, 2.45) is 0 Å². The first-order valence-electron chi connectivity index (χ1n) is 9.66. The smallest absolute Gasteiger partial charge is 0.317 e. The van der Waals surface area contributed by atoms with Crippen molar-refractivity contribution < 1.29 is 18.7 Å². The maximum Gasteiger partial charge on any atom is 0.317 e. The van der Waals surface area contributed by atoms with Gasteiger partial charge in [0.1, 0.15) is 11.3 Å². The van der Waals surface area contributed by atoms with Crippen molar-refractivity contribution in [3.8, 4) is 0 Å². The topological polar surface area (TPSA) is 81.4 Å². The van der Waals surface area contributed by atoms with Gasteiger partial charge in [-0.2, -0.15) is 0 Å². The molecule has 0 saturated heterocycles. The first-order chi connectivity index (χ1) is 14.1. The second-order valence-corrected chi connectivity index (χ2v) is 7.95. The van der Waals surface area contributed by atoms with Gasteiger partial charge in [0.15, 0.2) is 11.7 Å². The summed E-state index contributed by atoms with van der Waals surface area (Å²) in [5.41, 5.74) is 3.83. The molecule has 4 rings (SSSR count). The molecule has 1 aliphatic carbocycles. The Kier molecular flexibility index (Phi) is 5.85. The quantitative estimate of drug-likeness (QED) is 0.488. The number of carbonyl (C=O) groups is 2. The number of esters is 1. The normalized spacial score (nSPS) is 16.8. The monoisotopic (exact) mass is 410 g/mol. The molecule has 0 saturated carbocycles. The van der Waals surface area contributed by atoms with E-state index in [9.17, 15) is 9.59 Å². The fraction of sp³-hybridized carbons (Fsp3) is 0.318. The highest BCUT2D eigenvalue weighted by molar-refractivity contribution is 7.99. The summed E-state index contributed by atoms with van der Waals surface area (Å²) in [4.78, 5) is 29.0. The zero-order chi connectivity index (χ0) is 20.2. The molecule has 1 aromatic heterocycles. The molecule has 1 heterocycles. The van der Waals surface area contributed by atoms with Crippen LogP contribution in [0.5, 0.6) is 0 Å². The Morgan fingerprint density at radius 3 is 2.90 bits per heavy atom. The van der Waals surface area contributed by atoms with Crippen molar-refractivity contribution in [1.29, 1.82) is 0 Å². The van der Waals surface area contributed by atoms with E-state index in [1.165, 1.54) is 5.56 Å². The molecule has 150 valence electrons. The SMILES string of the molecule is C[C@H](OC(=O)CSc1nc2ccccc2o1)C(=O)N[C@H]1CCCc2ccccc21. The summed E-state index contributed by atoms with van der Waals surface area (Å²) in [6.07, 6.45) is 2.08. The van der Waals surface area contributed by atoms with Crippen molar-refractivity contribution in [1.82, 2.24) is 10.3 Å². The molecule has 2 atom stereocenters. The van der Waals surface area contributed by atoms with Crippen LogP contribution in [0.2, 0.25) is 0 Å². The van der Waals surface area contributed by atoms with Gasteiger partial charge in [0, 0.05) is 0 Å². The molecule has 0 unspecified atom stereocenters. The summed E-state index contributed by atoms with van der Waals surface area (Å²) in [5.74, 6) is -0.743. The number of aromatic nitrogens is 1. The predicted molar refractivity (Wildman–Crippen MR) is 111 cm³/mol. The minimum atomic E-state index is -0.860. The predicted octanol–water partition coefficient (Wildman–Crippen LogP) is 4.05. The van der Waals surface area contributed by atoms with E-state index in [0.29, 0.717) is 10.8 Å². The lowest BCUT2D eigenvalue weighted by molar-refractivity contribution is -0.152. The summed E-state index contributed by atoms with van der Waals surface area (Å²) < 4.78 is 10.9. The second kappa shape index (κ2) is 8.69. The average molecular weight is 410 g/mol. The largest absolute Gasteiger partial charge is 0.452 e. The fourth-order valence-electron chi connectivity index (χ4n) is 3.51. The van der Waals surface area contributed by atoms with Crippen molar-refractivity contribution in [2.45, 2.75) is 43.6 Å². The number of hydrogen-bond acceptors (Lipinski definition) is 6. The maximum atomic E-state index is 12.5. The Labute approximate surface area is 173 Å². The number of hydrogen-bond donors (Lipinski definition) is 1. The van der Waals surface area contributed by atoms with E-state index in [2.05, 4.69) is 16.4 Å². The summed E-state index contributed by atoms with van der Waals surface area (Å²) in [5, 5.41) is 3.42. The minimum Gasteiger partial charge on any atom is -0.452 e. The van der Waals surface area contributed by atoms with E-state index in [0.717, 1.165) is 42.1 Å². The van der Waals surface area contributed by atoms with Gasteiger partial charge in [-0.25, -0.2) is 4.98 Å². The highest BCUT2D eigenvalue weighted by Gasteiger charge is 2.25. The Bertz CT molecular complexity index is 999. The van der Waals surface area contributed by atoms with Crippen molar-refractivity contribution in [2.75, 3.05) is 5.75 Å². The van der Waals surface area contributed by atoms with Crippen molar-refractivity contribution >= 4 is 34.7 Å². The number of nitrogens with one attached hydrogen (secondary N) is 1. The van der Waals surface area contributed by atoms with Crippen LogP contribution in [-0.2, 0) is 20.7 Å². The van der Waals surface area contributed by atoms with Crippen LogP contribution in [-0.4, -0.2) is 28.7 Å². The molecule has 0 fully saturated rings. The van der Waals surface area contributed by atoms with Gasteiger partial charge in [0.2, 0.25) is 0 Å². The molecule has 0 radical (unpaired) electrons. The van der Waals surface area contributed by atoms with Gasteiger partial charge < -0.3 is 14.5 Å². The number of benzene rings is 2. The van der Waals surface area contributed by atoms with E-state index in [1.54, 1.807) is 6.92 Å². The highest BCUT2D eigenvalue weighted by Crippen LogP contribution is 2.29. The lowest BCUT2D eigenvalue weighted by Gasteiger charge is -2.27. The standard InChI is InChI=1S/C22H22N2O4S/c1-14(21(26)23-17-11-6-8-15-7-2-3-9-16(15)17)27-20(25)13-29-22-24-18-10-4-5-12-19(18)28-22/h2-5,7,9-10,12,14,17H,6,8,11,13H2,1H3,(H,23,26)/t14-,17-/m0/s1. The van der Waals surface area contributed by atoms with Crippen LogP contribution in [0.4, 0.5) is 0 Å². The zero-order valence-electron chi connectivity index (χ0n) is 16.1. The summed E-state index contributed by atoms with van der Waals surface area (Å²) in [6.45, 7) is 1.59. The number of carbonyl (C=O) groups excluding carboxylic acids is 2. The second-order valence-electron chi connectivity index (χ2n) is 7.02. The Morgan fingerprint density at radius 2 is 2.03 bits per heavy atom. The lowest BCUT2D eigenvalue weighted by atomic mass is 9.87. The molecule has 0 bridgehead atoms. The number of aryl methyl sites for hydroxylation is 1. The van der Waals surface area contributed by atoms with Gasteiger partial charge in [-0.1, -0.05) is 48.2 Å². The number of thioether (sulfide) groups is 1. The van der Waals surface area contributed by atoms with Crippen LogP contribution in [0.3, 0.4) is 0 Å². The Morgan fingerprint density at radius 1 is 1.24 bits per heavy atom. The van der Waals surface area contributed by atoms with Crippen LogP contribution < -0.4 is 5.32 Å². The molecular weight excluding hydrogens is 388 g/mol. The molecule has 6 nitrogen and oxygen atoms in total. The number of nitrogens with zero attached hydrogens (tertiary/aromatic N) is 1. The molecule has 1 N–H and O–H groups in total. The number of ether oxygens (including phenoxy) is 1. The average Bonchev–Trinajstić information content (AvgIpc) is 3.15. The molecule has 0 aliphatic heterocycles. The third kappa shape index (κ3) is 4.62. The zero-order valence-corrected chi connectivity index (χ0v) is 16.9. The molecule has 29 heavy (non-hydrogen) atoms. The first kappa shape index (κ1) is 19.5. The van der Waals surface area contributed by atoms with Gasteiger partial charge in [0.25, 0.3) is 11.1 Å². The molecule has 7 heteroatoms. The molecule has 3 aromatic rings. The van der Waals surface area contributed by atoms with E-state index in [4.69, 9.17) is 9.15 Å². The van der Waals surface area contributed by atoms with Crippen LogP contribution in [0.25, 0.3) is 11.1 Å². The van der Waals surface area contributed by atoms with Crippen molar-refractivity contribution in [3.05, 3.63) is 59.7 Å². The summed E-state index contributed by atoms with van der Waals surface area (Å²) in [7, 11) is 0. The number of rotatable bonds is 6. The van der Waals surface area contributed by atoms with Crippen LogP contribution in [0.1, 0.15) is 36.9 Å². The van der Waals surface area contributed by atoms with Gasteiger partial charge in [0.05, 0.1) is 6.04 Å². The Hall–Kier alpha value is -2.80. The first-order valence-corrected chi connectivity index (χ1v) is 10.6. The molecule has 0 spiro atoms. The fourth-order valence-corrected chi connectivity index (χ4v) is 4.13. The van der Waals surface area contributed by atoms with E-state index < -0.39 is 12.1 Å². The van der Waals surface area contributed by atoms with Gasteiger partial charge in [-0.3, -0.25) is 9.59 Å². The molecule has 2 aromatic carbocycles. The van der Waals surface area contributed by atoms with Gasteiger partial charge >= 0.3 is 5.97 Å². The minimum absolute atomic E-state index is 0.0245. The molecule has 1 amide bonds. The summed E-state index contributed by atoms with van der Waals surface area (Å²) >= 11 is 1.15. The molecule has 1 aliphatic rings. The van der Waals surface area contributed by atoms with Crippen LogP contribution in [0, 0.1) is 0 Å². The number of amides is 1. The summed E-state index contributed by atoms with van der Waals surface area (Å²) in [6, 6.07) is 15.5. The molecular formula is C22H22N2O4S. The number of oxazole rings is 1. The highest BCUT2D eigenvalue weighted by atomic mass is 32.2. The maximum absolute atomic E-state index is 12.5. The van der Waals surface area contributed by atoms with E-state index in [1.807, 2.05) is 42.5 Å².